The molecule has 0 aliphatic carbocycles. The third kappa shape index (κ3) is 5.86. The molecule has 0 saturated carbocycles. The van der Waals surface area contributed by atoms with Gasteiger partial charge < -0.3 is 15.0 Å². The van der Waals surface area contributed by atoms with Crippen LogP contribution in [0.15, 0.2) is 48.5 Å². The van der Waals surface area contributed by atoms with Crippen LogP contribution in [0.5, 0.6) is 0 Å². The van der Waals surface area contributed by atoms with Crippen LogP contribution in [-0.4, -0.2) is 47.3 Å². The first-order chi connectivity index (χ1) is 13.8. The number of nitrogens with one attached hydrogen (secondary N) is 1. The van der Waals surface area contributed by atoms with Gasteiger partial charge in [-0.05, 0) is 44.2 Å². The Hall–Kier alpha value is -3.75. The summed E-state index contributed by atoms with van der Waals surface area (Å²) >= 11 is 0. The lowest BCUT2D eigenvalue weighted by atomic mass is 10.1. The highest BCUT2D eigenvalue weighted by Crippen LogP contribution is 2.14. The molecule has 152 valence electrons. The number of amides is 2. The van der Waals surface area contributed by atoms with E-state index in [1.165, 1.54) is 18.2 Å². The molecular weight excluding hydrogens is 378 g/mol. The summed E-state index contributed by atoms with van der Waals surface area (Å²) in [5.74, 6) is -1.52. The van der Waals surface area contributed by atoms with Crippen molar-refractivity contribution in [1.29, 1.82) is 0 Å². The molecule has 9 heteroatoms. The van der Waals surface area contributed by atoms with Gasteiger partial charge in [0, 0.05) is 36.5 Å². The average Bonchev–Trinajstić information content (AvgIpc) is 2.73. The molecule has 1 N–H and O–H groups in total. The molecule has 0 saturated heterocycles. The molecule has 2 rings (SSSR count). The number of ether oxygens (including phenoxy) is 1. The fourth-order valence-corrected chi connectivity index (χ4v) is 2.55. The molecule has 0 aliphatic heterocycles. The van der Waals surface area contributed by atoms with E-state index in [4.69, 9.17) is 4.74 Å². The van der Waals surface area contributed by atoms with E-state index in [-0.39, 0.29) is 17.2 Å². The summed E-state index contributed by atoms with van der Waals surface area (Å²) < 4.78 is 4.88. The average molecular weight is 399 g/mol. The highest BCUT2D eigenvalue weighted by atomic mass is 16.6. The van der Waals surface area contributed by atoms with Crippen LogP contribution in [-0.2, 0) is 9.53 Å². The highest BCUT2D eigenvalue weighted by molar-refractivity contribution is 5.97. The van der Waals surface area contributed by atoms with Gasteiger partial charge in [-0.1, -0.05) is 6.07 Å². The first kappa shape index (κ1) is 21.5. The minimum absolute atomic E-state index is 0.0220. The fraction of sp³-hybridized carbons (Fsp3) is 0.250. The predicted molar refractivity (Wildman–Crippen MR) is 106 cm³/mol. The van der Waals surface area contributed by atoms with Gasteiger partial charge in [-0.2, -0.15) is 0 Å². The Labute approximate surface area is 167 Å². The van der Waals surface area contributed by atoms with Crippen molar-refractivity contribution in [2.75, 3.05) is 25.0 Å². The number of anilines is 1. The number of hydrogen-bond donors (Lipinski definition) is 1. The number of carbonyl (C=O) groups excluding carboxylic acids is 3. The van der Waals surface area contributed by atoms with Crippen molar-refractivity contribution in [2.45, 2.75) is 13.8 Å². The molecule has 0 atom stereocenters. The van der Waals surface area contributed by atoms with Crippen LogP contribution in [0.25, 0.3) is 0 Å². The molecule has 29 heavy (non-hydrogen) atoms. The van der Waals surface area contributed by atoms with Crippen molar-refractivity contribution < 1.29 is 24.0 Å². The molecule has 0 unspecified atom stereocenters. The number of carbonyl (C=O) groups is 3. The third-order valence-electron chi connectivity index (χ3n) is 4.09. The van der Waals surface area contributed by atoms with E-state index in [1.54, 1.807) is 29.2 Å². The van der Waals surface area contributed by atoms with Crippen molar-refractivity contribution in [2.24, 2.45) is 0 Å². The molecule has 2 amide bonds. The van der Waals surface area contributed by atoms with Crippen LogP contribution >= 0.6 is 0 Å². The molecule has 0 heterocycles. The molecule has 2 aromatic rings. The van der Waals surface area contributed by atoms with Gasteiger partial charge in [-0.25, -0.2) is 4.79 Å². The Balaban J connectivity index is 1.91. The van der Waals surface area contributed by atoms with Crippen LogP contribution in [0.4, 0.5) is 11.4 Å². The summed E-state index contributed by atoms with van der Waals surface area (Å²) in [5.41, 5.74) is 0.677. The number of nitro groups is 1. The smallest absolute Gasteiger partial charge is 0.338 e. The number of hydrogen-bond acceptors (Lipinski definition) is 6. The van der Waals surface area contributed by atoms with E-state index < -0.39 is 23.4 Å². The molecule has 0 spiro atoms. The second kappa shape index (κ2) is 9.98. The van der Waals surface area contributed by atoms with E-state index in [0.717, 1.165) is 6.07 Å². The lowest BCUT2D eigenvalue weighted by molar-refractivity contribution is -0.384. The Morgan fingerprint density at radius 2 is 1.69 bits per heavy atom. The Morgan fingerprint density at radius 3 is 2.28 bits per heavy atom. The second-order valence-electron chi connectivity index (χ2n) is 5.99. The van der Waals surface area contributed by atoms with Crippen LogP contribution in [0.1, 0.15) is 34.6 Å². The summed E-state index contributed by atoms with van der Waals surface area (Å²) in [6.45, 7) is 4.44. The molecule has 0 aromatic heterocycles. The van der Waals surface area contributed by atoms with Crippen molar-refractivity contribution >= 4 is 29.2 Å². The first-order valence-electron chi connectivity index (χ1n) is 8.96. The maximum atomic E-state index is 12.3. The SMILES string of the molecule is CCN(CC)C(=O)c1ccc(NC(=O)COC(=O)c2cccc([N+](=O)[O-])c2)cc1. The molecule has 0 bridgehead atoms. The van der Waals surface area contributed by atoms with Crippen molar-refractivity contribution in [3.8, 4) is 0 Å². The number of nitrogens with zero attached hydrogens (tertiary/aromatic N) is 2. The van der Waals surface area contributed by atoms with E-state index in [9.17, 15) is 24.5 Å². The van der Waals surface area contributed by atoms with Gasteiger partial charge in [0.25, 0.3) is 17.5 Å². The molecule has 9 nitrogen and oxygen atoms in total. The maximum Gasteiger partial charge on any atom is 0.338 e. The molecular formula is C20H21N3O6. The van der Waals surface area contributed by atoms with Gasteiger partial charge in [0.05, 0.1) is 10.5 Å². The monoisotopic (exact) mass is 399 g/mol. The zero-order chi connectivity index (χ0) is 21.4. The van der Waals surface area contributed by atoms with Crippen LogP contribution in [0.3, 0.4) is 0 Å². The Kier molecular flexibility index (Phi) is 7.41. The molecule has 0 fully saturated rings. The van der Waals surface area contributed by atoms with E-state index in [2.05, 4.69) is 5.32 Å². The van der Waals surface area contributed by atoms with Crippen molar-refractivity contribution in [1.82, 2.24) is 4.90 Å². The van der Waals surface area contributed by atoms with E-state index >= 15 is 0 Å². The van der Waals surface area contributed by atoms with Gasteiger partial charge in [-0.3, -0.25) is 19.7 Å². The third-order valence-corrected chi connectivity index (χ3v) is 4.09. The number of esters is 1. The zero-order valence-electron chi connectivity index (χ0n) is 16.1. The molecule has 0 radical (unpaired) electrons. The number of benzene rings is 2. The first-order valence-corrected chi connectivity index (χ1v) is 8.96. The minimum atomic E-state index is -0.844. The zero-order valence-corrected chi connectivity index (χ0v) is 16.1. The Bertz CT molecular complexity index is 907. The van der Waals surface area contributed by atoms with Crippen LogP contribution in [0, 0.1) is 10.1 Å². The molecule has 0 aliphatic rings. The fourth-order valence-electron chi connectivity index (χ4n) is 2.55. The maximum absolute atomic E-state index is 12.3. The second-order valence-corrected chi connectivity index (χ2v) is 5.99. The standard InChI is InChI=1S/C20H21N3O6/c1-3-22(4-2)19(25)14-8-10-16(11-9-14)21-18(24)13-29-20(26)15-6-5-7-17(12-15)23(27)28/h5-12H,3-4,13H2,1-2H3,(H,21,24). The van der Waals surface area contributed by atoms with Gasteiger partial charge in [0.1, 0.15) is 0 Å². The van der Waals surface area contributed by atoms with Crippen molar-refractivity contribution in [3.05, 3.63) is 69.8 Å². The summed E-state index contributed by atoms with van der Waals surface area (Å²) in [4.78, 5) is 48.0. The minimum Gasteiger partial charge on any atom is -0.452 e. The van der Waals surface area contributed by atoms with Gasteiger partial charge in [0.15, 0.2) is 6.61 Å². The van der Waals surface area contributed by atoms with E-state index in [0.29, 0.717) is 24.3 Å². The van der Waals surface area contributed by atoms with Crippen molar-refractivity contribution in [3.63, 3.8) is 0 Å². The Morgan fingerprint density at radius 1 is 1.03 bits per heavy atom. The molecule has 2 aromatic carbocycles. The number of nitro benzene ring substituents is 1. The van der Waals surface area contributed by atoms with Gasteiger partial charge in [-0.15, -0.1) is 0 Å². The number of rotatable bonds is 8. The summed E-state index contributed by atoms with van der Waals surface area (Å²) in [7, 11) is 0. The van der Waals surface area contributed by atoms with Crippen LogP contribution < -0.4 is 5.32 Å². The van der Waals surface area contributed by atoms with Gasteiger partial charge >= 0.3 is 5.97 Å². The highest BCUT2D eigenvalue weighted by Gasteiger charge is 2.15. The van der Waals surface area contributed by atoms with Gasteiger partial charge in [0.2, 0.25) is 0 Å². The lowest BCUT2D eigenvalue weighted by Crippen LogP contribution is -2.30. The summed E-state index contributed by atoms with van der Waals surface area (Å²) in [6, 6.07) is 11.4. The summed E-state index contributed by atoms with van der Waals surface area (Å²) in [6.07, 6.45) is 0. The number of non-ortho nitro benzene ring substituents is 1. The quantitative estimate of drug-likeness (QED) is 0.414. The largest absolute Gasteiger partial charge is 0.452 e. The lowest BCUT2D eigenvalue weighted by Gasteiger charge is -2.18. The predicted octanol–water partition coefficient (Wildman–Crippen LogP) is 2.87. The van der Waals surface area contributed by atoms with E-state index in [1.807, 2.05) is 13.8 Å². The normalized spacial score (nSPS) is 10.1. The topological polar surface area (TPSA) is 119 Å². The summed E-state index contributed by atoms with van der Waals surface area (Å²) in [5, 5.41) is 13.3. The van der Waals surface area contributed by atoms with Crippen LogP contribution in [0.2, 0.25) is 0 Å².